The molecule has 0 bridgehead atoms. The first-order valence-electron chi connectivity index (χ1n) is 9.25. The molecule has 2 aromatic carbocycles. The number of amides is 1. The second-order valence-electron chi connectivity index (χ2n) is 7.24. The molecule has 0 radical (unpaired) electrons. The Labute approximate surface area is 175 Å². The fraction of sp³-hybridized carbons (Fsp3) is 0.318. The molecule has 0 aromatic heterocycles. The van der Waals surface area contributed by atoms with Gasteiger partial charge in [-0.15, -0.1) is 0 Å². The Balaban J connectivity index is 1.63. The third-order valence-corrected chi connectivity index (χ3v) is 5.63. The minimum atomic E-state index is -0.229. The molecule has 148 valence electrons. The van der Waals surface area contributed by atoms with E-state index in [1.807, 2.05) is 24.0 Å². The van der Waals surface area contributed by atoms with Crippen LogP contribution in [0.3, 0.4) is 0 Å². The van der Waals surface area contributed by atoms with Crippen LogP contribution in [0, 0.1) is 5.82 Å². The Hall–Kier alpha value is -1.88. The second kappa shape index (κ2) is 9.08. The summed E-state index contributed by atoms with van der Waals surface area (Å²) >= 11 is 12.1. The van der Waals surface area contributed by atoms with Crippen LogP contribution in [0.25, 0.3) is 6.08 Å². The van der Waals surface area contributed by atoms with Gasteiger partial charge in [0.15, 0.2) is 0 Å². The monoisotopic (exact) mass is 420 g/mol. The number of piperazine rings is 1. The van der Waals surface area contributed by atoms with Crippen molar-refractivity contribution < 1.29 is 9.18 Å². The van der Waals surface area contributed by atoms with Crippen molar-refractivity contribution in [2.45, 2.75) is 32.5 Å². The van der Waals surface area contributed by atoms with E-state index in [0.717, 1.165) is 24.2 Å². The highest BCUT2D eigenvalue weighted by molar-refractivity contribution is 6.35. The minimum absolute atomic E-state index is 0.0354. The van der Waals surface area contributed by atoms with Crippen LogP contribution >= 0.6 is 23.2 Å². The molecule has 1 saturated heterocycles. The van der Waals surface area contributed by atoms with Gasteiger partial charge in [0.2, 0.25) is 5.91 Å². The van der Waals surface area contributed by atoms with Crippen molar-refractivity contribution in [1.82, 2.24) is 9.80 Å². The molecular weight excluding hydrogens is 398 g/mol. The van der Waals surface area contributed by atoms with Gasteiger partial charge in [-0.3, -0.25) is 9.69 Å². The van der Waals surface area contributed by atoms with E-state index >= 15 is 0 Å². The predicted octanol–water partition coefficient (Wildman–Crippen LogP) is 5.27. The fourth-order valence-electron chi connectivity index (χ4n) is 3.44. The van der Waals surface area contributed by atoms with Crippen LogP contribution in [0.1, 0.15) is 25.0 Å². The summed E-state index contributed by atoms with van der Waals surface area (Å²) in [4.78, 5) is 16.9. The normalized spacial score (nSPS) is 20.7. The highest BCUT2D eigenvalue weighted by Crippen LogP contribution is 2.23. The quantitative estimate of drug-likeness (QED) is 0.629. The Morgan fingerprint density at radius 1 is 1.11 bits per heavy atom. The predicted molar refractivity (Wildman–Crippen MR) is 113 cm³/mol. The lowest BCUT2D eigenvalue weighted by Gasteiger charge is -2.44. The van der Waals surface area contributed by atoms with E-state index in [0.29, 0.717) is 16.6 Å². The van der Waals surface area contributed by atoms with Gasteiger partial charge < -0.3 is 4.90 Å². The third kappa shape index (κ3) is 5.13. The number of benzene rings is 2. The van der Waals surface area contributed by atoms with Gasteiger partial charge in [-0.25, -0.2) is 4.39 Å². The van der Waals surface area contributed by atoms with E-state index < -0.39 is 0 Å². The third-order valence-electron chi connectivity index (χ3n) is 5.07. The van der Waals surface area contributed by atoms with Gasteiger partial charge in [-0.2, -0.15) is 0 Å². The van der Waals surface area contributed by atoms with Gasteiger partial charge in [0.05, 0.1) is 0 Å². The van der Waals surface area contributed by atoms with Crippen LogP contribution in [0.15, 0.2) is 48.5 Å². The Morgan fingerprint density at radius 3 is 2.50 bits per heavy atom. The second-order valence-corrected chi connectivity index (χ2v) is 8.09. The zero-order valence-corrected chi connectivity index (χ0v) is 17.4. The number of carbonyl (C=O) groups excluding carboxylic acids is 1. The molecule has 1 fully saturated rings. The average Bonchev–Trinajstić information content (AvgIpc) is 2.65. The van der Waals surface area contributed by atoms with E-state index in [-0.39, 0.29) is 23.8 Å². The van der Waals surface area contributed by atoms with Crippen molar-refractivity contribution >= 4 is 35.2 Å². The molecule has 6 heteroatoms. The molecule has 2 aromatic rings. The summed E-state index contributed by atoms with van der Waals surface area (Å²) in [6, 6.07) is 12.1. The molecule has 1 amide bonds. The molecule has 0 aliphatic carbocycles. The van der Waals surface area contributed by atoms with Crippen molar-refractivity contribution in [2.75, 3.05) is 13.1 Å². The largest absolute Gasteiger partial charge is 0.334 e. The Bertz CT molecular complexity index is 869. The van der Waals surface area contributed by atoms with Crippen LogP contribution in [-0.4, -0.2) is 40.9 Å². The van der Waals surface area contributed by atoms with Gasteiger partial charge in [-0.05, 0) is 55.3 Å². The van der Waals surface area contributed by atoms with Crippen molar-refractivity contribution in [3.05, 3.63) is 75.5 Å². The van der Waals surface area contributed by atoms with Crippen molar-refractivity contribution in [3.8, 4) is 0 Å². The SMILES string of the molecule is CC1CN(C(=O)C=Cc2ccc(Cl)cc2Cl)C(C)CN1Cc1ccc(F)cc1. The van der Waals surface area contributed by atoms with Gasteiger partial charge in [0, 0.05) is 47.8 Å². The van der Waals surface area contributed by atoms with Crippen LogP contribution in [0.2, 0.25) is 10.0 Å². The molecule has 0 saturated carbocycles. The maximum atomic E-state index is 13.1. The molecule has 1 aliphatic heterocycles. The summed E-state index contributed by atoms with van der Waals surface area (Å²) in [5.74, 6) is -0.264. The van der Waals surface area contributed by atoms with Gasteiger partial charge >= 0.3 is 0 Å². The first-order chi connectivity index (χ1) is 13.3. The number of halogens is 3. The summed E-state index contributed by atoms with van der Waals surface area (Å²) in [6.45, 7) is 6.30. The highest BCUT2D eigenvalue weighted by Gasteiger charge is 2.30. The molecule has 2 unspecified atom stereocenters. The summed E-state index contributed by atoms with van der Waals surface area (Å²) < 4.78 is 13.1. The molecule has 1 heterocycles. The lowest BCUT2D eigenvalue weighted by atomic mass is 10.1. The molecule has 3 nitrogen and oxygen atoms in total. The molecule has 2 atom stereocenters. The van der Waals surface area contributed by atoms with E-state index in [1.165, 1.54) is 12.1 Å². The number of nitrogens with zero attached hydrogens (tertiary/aromatic N) is 2. The Kier molecular flexibility index (Phi) is 6.76. The summed E-state index contributed by atoms with van der Waals surface area (Å²) in [5.41, 5.74) is 1.83. The number of carbonyl (C=O) groups is 1. The standard InChI is InChI=1S/C22H23Cl2FN2O/c1-15-13-27(22(28)10-6-18-5-7-19(23)11-21(18)24)16(2)12-26(15)14-17-3-8-20(25)9-4-17/h3-11,15-16H,12-14H2,1-2H3. The molecular formula is C22H23Cl2FN2O. The minimum Gasteiger partial charge on any atom is -0.334 e. The van der Waals surface area contributed by atoms with Gasteiger partial charge in [-0.1, -0.05) is 41.4 Å². The van der Waals surface area contributed by atoms with Gasteiger partial charge in [0.1, 0.15) is 5.82 Å². The molecule has 3 rings (SSSR count). The summed E-state index contributed by atoms with van der Waals surface area (Å²) in [7, 11) is 0. The fourth-order valence-corrected chi connectivity index (χ4v) is 3.91. The highest BCUT2D eigenvalue weighted by atomic mass is 35.5. The maximum Gasteiger partial charge on any atom is 0.246 e. The van der Waals surface area contributed by atoms with E-state index in [1.54, 1.807) is 30.4 Å². The van der Waals surface area contributed by atoms with Crippen LogP contribution < -0.4 is 0 Å². The lowest BCUT2D eigenvalue weighted by molar-refractivity contribution is -0.131. The Morgan fingerprint density at radius 2 is 1.82 bits per heavy atom. The average molecular weight is 421 g/mol. The first-order valence-corrected chi connectivity index (χ1v) is 10.0. The first kappa shape index (κ1) is 20.8. The van der Waals surface area contributed by atoms with Crippen LogP contribution in [-0.2, 0) is 11.3 Å². The number of hydrogen-bond acceptors (Lipinski definition) is 2. The van der Waals surface area contributed by atoms with Crippen LogP contribution in [0.5, 0.6) is 0 Å². The molecule has 28 heavy (non-hydrogen) atoms. The van der Waals surface area contributed by atoms with E-state index in [4.69, 9.17) is 23.2 Å². The molecule has 0 N–H and O–H groups in total. The molecule has 0 spiro atoms. The number of rotatable bonds is 4. The molecule has 1 aliphatic rings. The lowest BCUT2D eigenvalue weighted by Crippen LogP contribution is -2.57. The zero-order valence-electron chi connectivity index (χ0n) is 15.9. The van der Waals surface area contributed by atoms with Crippen LogP contribution in [0.4, 0.5) is 4.39 Å². The maximum absolute atomic E-state index is 13.1. The topological polar surface area (TPSA) is 23.6 Å². The summed E-state index contributed by atoms with van der Waals surface area (Å²) in [5, 5.41) is 1.08. The smallest absolute Gasteiger partial charge is 0.246 e. The van der Waals surface area contributed by atoms with Crippen molar-refractivity contribution in [2.24, 2.45) is 0 Å². The zero-order chi connectivity index (χ0) is 20.3. The van der Waals surface area contributed by atoms with E-state index in [2.05, 4.69) is 11.8 Å². The van der Waals surface area contributed by atoms with Crippen molar-refractivity contribution in [1.29, 1.82) is 0 Å². The summed E-state index contributed by atoms with van der Waals surface area (Å²) in [6.07, 6.45) is 3.29. The van der Waals surface area contributed by atoms with Gasteiger partial charge in [0.25, 0.3) is 0 Å². The number of hydrogen-bond donors (Lipinski definition) is 0. The van der Waals surface area contributed by atoms with E-state index in [9.17, 15) is 9.18 Å². The van der Waals surface area contributed by atoms with Crippen molar-refractivity contribution in [3.63, 3.8) is 0 Å².